The van der Waals surface area contributed by atoms with Crippen molar-refractivity contribution in [2.75, 3.05) is 65.7 Å². The Kier molecular flexibility index (Phi) is 32.3. The monoisotopic (exact) mass is 374 g/mol. The summed E-state index contributed by atoms with van der Waals surface area (Å²) in [5, 5.41) is 0. The maximum Gasteiger partial charge on any atom is 0.251 e. The van der Waals surface area contributed by atoms with E-state index >= 15 is 0 Å². The lowest BCUT2D eigenvalue weighted by Gasteiger charge is -2.24. The lowest BCUT2D eigenvalue weighted by Crippen LogP contribution is -2.35. The van der Waals surface area contributed by atoms with Gasteiger partial charge in [0.15, 0.2) is 0 Å². The highest BCUT2D eigenvalue weighted by Crippen LogP contribution is 1.94. The van der Waals surface area contributed by atoms with E-state index < -0.39 is 0 Å². The molecule has 2 saturated heterocycles. The van der Waals surface area contributed by atoms with Crippen LogP contribution in [0.4, 0.5) is 0 Å². The molecular formula is C18H44Al2N2O2. The summed E-state index contributed by atoms with van der Waals surface area (Å²) in [6, 6.07) is 0. The quantitative estimate of drug-likeness (QED) is 0.693. The molecule has 0 aromatic rings. The Labute approximate surface area is 166 Å². The highest BCUT2D eigenvalue weighted by Gasteiger charge is 2.06. The number of morpholine rings is 2. The van der Waals surface area contributed by atoms with Crippen LogP contribution in [0.25, 0.3) is 0 Å². The molecule has 2 radical (unpaired) electrons. The maximum atomic E-state index is 5.16. The molecule has 6 heteroatoms. The average molecular weight is 375 g/mol. The number of ether oxygens (including phenoxy) is 2. The van der Waals surface area contributed by atoms with E-state index in [0.29, 0.717) is 0 Å². The summed E-state index contributed by atoms with van der Waals surface area (Å²) in [7, 11) is 0. The zero-order chi connectivity index (χ0) is 19.2. The highest BCUT2D eigenvalue weighted by atomic mass is 27.2. The Morgan fingerprint density at radius 2 is 0.917 bits per heavy atom. The molecule has 144 valence electrons. The van der Waals surface area contributed by atoms with Gasteiger partial charge in [0.1, 0.15) is 16.3 Å². The molecule has 0 aromatic heterocycles. The summed E-state index contributed by atoms with van der Waals surface area (Å²) < 4.78 is 10.3. The number of hydrogen-bond donors (Lipinski definition) is 0. The van der Waals surface area contributed by atoms with Gasteiger partial charge in [0.05, 0.1) is 26.4 Å². The van der Waals surface area contributed by atoms with E-state index in [1.807, 2.05) is 19.6 Å². The Morgan fingerprint density at radius 1 is 0.708 bits per heavy atom. The third-order valence-corrected chi connectivity index (χ3v) is 3.10. The van der Waals surface area contributed by atoms with Crippen molar-refractivity contribution in [2.24, 2.45) is 0 Å². The van der Waals surface area contributed by atoms with Crippen LogP contribution in [0.1, 0.15) is 27.7 Å². The van der Waals surface area contributed by atoms with Gasteiger partial charge in [-0.05, 0) is 13.1 Å². The molecule has 0 unspecified atom stereocenters. The summed E-state index contributed by atoms with van der Waals surface area (Å²) in [4.78, 5) is 4.78. The standard InChI is InChI=1S/2C6H13NO.C2H6.4CH3.2Al/c2*1-2-7-3-5-8-6-4-7;1-2;;;;;;/h2*2-6H2,1H3;1-2H3;4*1H3;;. The Hall–Kier alpha value is 0.905. The Balaban J connectivity index is -0.000000261. The van der Waals surface area contributed by atoms with Crippen LogP contribution < -0.4 is 0 Å². The van der Waals surface area contributed by atoms with Crippen molar-refractivity contribution < 1.29 is 9.47 Å². The average Bonchev–Trinajstić information content (AvgIpc) is 2.66. The Morgan fingerprint density at radius 3 is 1.04 bits per heavy atom. The minimum atomic E-state index is -0.139. The second kappa shape index (κ2) is 26.1. The van der Waals surface area contributed by atoms with Crippen LogP contribution >= 0.6 is 0 Å². The predicted molar refractivity (Wildman–Crippen MR) is 112 cm³/mol. The van der Waals surface area contributed by atoms with Crippen molar-refractivity contribution in [1.29, 1.82) is 0 Å². The molecule has 0 atom stereocenters. The van der Waals surface area contributed by atoms with Gasteiger partial charge in [0.25, 0.3) is 14.1 Å². The lowest BCUT2D eigenvalue weighted by molar-refractivity contribution is 0.0404. The van der Waals surface area contributed by atoms with Crippen LogP contribution in [0.2, 0.25) is 23.1 Å². The van der Waals surface area contributed by atoms with Gasteiger partial charge in [0.2, 0.25) is 0 Å². The number of nitrogens with zero attached hydrogens (tertiary/aromatic N) is 2. The predicted octanol–water partition coefficient (Wildman–Crippen LogP) is 3.28. The fourth-order valence-electron chi connectivity index (χ4n) is 1.83. The molecule has 0 bridgehead atoms. The molecule has 2 aliphatic heterocycles. The minimum absolute atomic E-state index is 0.139. The van der Waals surface area contributed by atoms with Gasteiger partial charge < -0.3 is 9.47 Å². The largest absolute Gasteiger partial charge is 0.379 e. The summed E-state index contributed by atoms with van der Waals surface area (Å²) in [6.45, 7) is 18.9. The summed E-state index contributed by atoms with van der Waals surface area (Å²) in [6.07, 6.45) is 0. The van der Waals surface area contributed by atoms with Crippen molar-refractivity contribution >= 4 is 30.4 Å². The van der Waals surface area contributed by atoms with E-state index in [-0.39, 0.29) is 14.1 Å². The second-order valence-corrected chi connectivity index (χ2v) is 9.29. The number of rotatable bonds is 2. The van der Waals surface area contributed by atoms with E-state index in [4.69, 9.17) is 9.47 Å². The molecule has 0 aromatic carbocycles. The zero-order valence-corrected chi connectivity index (χ0v) is 20.2. The molecule has 0 aliphatic carbocycles. The van der Waals surface area contributed by atoms with Crippen LogP contribution in [0.3, 0.4) is 0 Å². The molecular weight excluding hydrogens is 330 g/mol. The first-order valence-corrected chi connectivity index (χ1v) is 14.4. The fourth-order valence-corrected chi connectivity index (χ4v) is 1.83. The second-order valence-electron chi connectivity index (χ2n) is 5.83. The first-order valence-electron chi connectivity index (χ1n) is 9.78. The molecule has 24 heavy (non-hydrogen) atoms. The molecule has 2 heterocycles. The van der Waals surface area contributed by atoms with E-state index in [9.17, 15) is 0 Å². The summed E-state index contributed by atoms with van der Waals surface area (Å²) in [5.41, 5.74) is 0. The van der Waals surface area contributed by atoms with Gasteiger partial charge in [-0.3, -0.25) is 9.80 Å². The lowest BCUT2D eigenvalue weighted by atomic mass is 10.4. The molecule has 2 aliphatic rings. The summed E-state index contributed by atoms with van der Waals surface area (Å²) >= 11 is 2.28. The number of likely N-dealkylation sites (N-methyl/N-ethyl adjacent to an activating group) is 2. The third-order valence-electron chi connectivity index (χ3n) is 3.10. The highest BCUT2D eigenvalue weighted by molar-refractivity contribution is 6.54. The minimum Gasteiger partial charge on any atom is -0.379 e. The maximum absolute atomic E-state index is 5.16. The molecule has 2 fully saturated rings. The first kappa shape index (κ1) is 29.7. The van der Waals surface area contributed by atoms with Gasteiger partial charge in [-0.25, -0.2) is 0 Å². The normalized spacial score (nSPS) is 17.3. The molecule has 0 N–H and O–H groups in total. The van der Waals surface area contributed by atoms with Gasteiger partial charge in [0, 0.05) is 26.2 Å². The third kappa shape index (κ3) is 25.1. The Bertz CT molecular complexity index is 179. The molecule has 2 rings (SSSR count). The van der Waals surface area contributed by atoms with E-state index in [2.05, 4.69) is 57.3 Å². The smallest absolute Gasteiger partial charge is 0.251 e. The van der Waals surface area contributed by atoms with Crippen molar-refractivity contribution in [1.82, 2.24) is 9.80 Å². The van der Waals surface area contributed by atoms with Crippen LogP contribution in [-0.2, 0) is 9.47 Å². The SMILES string of the molecule is CC.CCN1CCOCC1.CCN1CCOCC1.[CH3][Al].[CH3][Al]([CH3])[CH3]. The van der Waals surface area contributed by atoms with Crippen molar-refractivity contribution in [3.63, 3.8) is 0 Å². The molecule has 0 saturated carbocycles. The first-order chi connectivity index (χ1) is 11.6. The van der Waals surface area contributed by atoms with Gasteiger partial charge >= 0.3 is 0 Å². The van der Waals surface area contributed by atoms with Crippen molar-refractivity contribution in [3.05, 3.63) is 0 Å². The summed E-state index contributed by atoms with van der Waals surface area (Å²) in [5.74, 6) is 8.83. The van der Waals surface area contributed by atoms with Crippen molar-refractivity contribution in [3.8, 4) is 0 Å². The van der Waals surface area contributed by atoms with Crippen LogP contribution in [0, 0.1) is 0 Å². The molecule has 4 nitrogen and oxygen atoms in total. The van der Waals surface area contributed by atoms with Gasteiger partial charge in [-0.2, -0.15) is 0 Å². The zero-order valence-electron chi connectivity index (χ0n) is 17.9. The number of hydrogen-bond acceptors (Lipinski definition) is 4. The van der Waals surface area contributed by atoms with E-state index in [1.54, 1.807) is 0 Å². The molecule has 0 spiro atoms. The topological polar surface area (TPSA) is 24.9 Å². The van der Waals surface area contributed by atoms with Crippen LogP contribution in [-0.4, -0.2) is 106 Å². The van der Waals surface area contributed by atoms with Crippen LogP contribution in [0.5, 0.6) is 0 Å². The van der Waals surface area contributed by atoms with Crippen LogP contribution in [0.15, 0.2) is 0 Å². The molecule has 0 amide bonds. The fraction of sp³-hybridized carbons (Fsp3) is 1.00. The van der Waals surface area contributed by atoms with Gasteiger partial charge in [-0.1, -0.05) is 27.7 Å². The van der Waals surface area contributed by atoms with E-state index in [0.717, 1.165) is 52.6 Å². The van der Waals surface area contributed by atoms with Gasteiger partial charge in [-0.15, -0.1) is 23.1 Å². The van der Waals surface area contributed by atoms with E-state index in [1.165, 1.54) is 13.1 Å². The van der Waals surface area contributed by atoms with Crippen molar-refractivity contribution in [2.45, 2.75) is 50.8 Å².